The Morgan fingerprint density at radius 2 is 1.90 bits per heavy atom. The maximum absolute atomic E-state index is 12.0. The lowest BCUT2D eigenvalue weighted by Gasteiger charge is -2.48. The van der Waals surface area contributed by atoms with Crippen molar-refractivity contribution >= 4 is 5.97 Å². The second kappa shape index (κ2) is 5.28. The summed E-state index contributed by atoms with van der Waals surface area (Å²) in [6, 6.07) is 0. The molecule has 0 aromatic carbocycles. The second-order valence-corrected chi connectivity index (χ2v) is 6.89. The molecule has 2 saturated heterocycles. The monoisotopic (exact) mass is 286 g/mol. The molecule has 3 rings (SSSR count). The lowest BCUT2D eigenvalue weighted by Crippen LogP contribution is -2.52. The molecule has 3 N–H and O–H groups in total. The fourth-order valence-corrected chi connectivity index (χ4v) is 4.34. The third-order valence-corrected chi connectivity index (χ3v) is 5.55. The molecular weight excluding hydrogens is 260 g/mol. The van der Waals surface area contributed by atoms with Gasteiger partial charge in [0.2, 0.25) is 6.29 Å². The fraction of sp³-hybridized carbons (Fsp3) is 0.933. The molecule has 0 radical (unpaired) electrons. The van der Waals surface area contributed by atoms with E-state index < -0.39 is 12.1 Å². The third kappa shape index (κ3) is 2.47. The molecule has 3 fully saturated rings. The summed E-state index contributed by atoms with van der Waals surface area (Å²) < 4.78 is 11.2. The molecule has 1 saturated carbocycles. The van der Waals surface area contributed by atoms with Crippen molar-refractivity contribution in [3.05, 3.63) is 0 Å². The number of hydrogen-bond acceptors (Lipinski definition) is 4. The first-order valence-corrected chi connectivity index (χ1v) is 7.50. The molecule has 20 heavy (non-hydrogen) atoms. The minimum absolute atomic E-state index is 0. The van der Waals surface area contributed by atoms with E-state index in [9.17, 15) is 9.90 Å². The van der Waals surface area contributed by atoms with Crippen molar-refractivity contribution in [2.75, 3.05) is 0 Å². The highest BCUT2D eigenvalue weighted by atomic mass is 16.8. The van der Waals surface area contributed by atoms with E-state index in [1.165, 1.54) is 0 Å². The minimum atomic E-state index is -1.17. The van der Waals surface area contributed by atoms with Gasteiger partial charge in [-0.3, -0.25) is 4.79 Å². The SMILES string of the molecule is C[C@@H]1CC[C@@H]2C3[C@H](OC(=O)[C@@H]2C)O[C@](C)(O)CC[C@H]31.O. The van der Waals surface area contributed by atoms with E-state index in [0.717, 1.165) is 19.3 Å². The van der Waals surface area contributed by atoms with Crippen LogP contribution in [0.15, 0.2) is 0 Å². The lowest BCUT2D eigenvalue weighted by molar-refractivity contribution is -0.304. The van der Waals surface area contributed by atoms with E-state index in [1.54, 1.807) is 6.92 Å². The molecule has 2 aliphatic heterocycles. The maximum Gasteiger partial charge on any atom is 0.311 e. The Morgan fingerprint density at radius 3 is 2.60 bits per heavy atom. The number of aliphatic hydroxyl groups is 1. The predicted molar refractivity (Wildman–Crippen MR) is 72.5 cm³/mol. The van der Waals surface area contributed by atoms with Gasteiger partial charge in [0.15, 0.2) is 5.79 Å². The Bertz CT molecular complexity index is 380. The molecule has 0 spiro atoms. The van der Waals surface area contributed by atoms with E-state index in [4.69, 9.17) is 9.47 Å². The number of esters is 1. The topological polar surface area (TPSA) is 87.3 Å². The molecule has 3 aliphatic rings. The van der Waals surface area contributed by atoms with E-state index in [2.05, 4.69) is 6.92 Å². The summed E-state index contributed by atoms with van der Waals surface area (Å²) in [7, 11) is 0. The van der Waals surface area contributed by atoms with Crippen LogP contribution in [0.4, 0.5) is 0 Å². The van der Waals surface area contributed by atoms with Gasteiger partial charge in [0, 0.05) is 12.3 Å². The molecule has 1 aliphatic carbocycles. The van der Waals surface area contributed by atoms with Gasteiger partial charge < -0.3 is 20.1 Å². The molecule has 0 aromatic heterocycles. The molecule has 7 atom stereocenters. The Morgan fingerprint density at radius 1 is 1.20 bits per heavy atom. The summed E-state index contributed by atoms with van der Waals surface area (Å²) in [5, 5.41) is 10.2. The third-order valence-electron chi connectivity index (χ3n) is 5.55. The molecule has 0 aromatic rings. The van der Waals surface area contributed by atoms with Crippen molar-refractivity contribution in [3.63, 3.8) is 0 Å². The zero-order chi connectivity index (χ0) is 13.8. The summed E-state index contributed by atoms with van der Waals surface area (Å²) in [5.74, 6) is 0.332. The average molecular weight is 286 g/mol. The quantitative estimate of drug-likeness (QED) is 0.683. The van der Waals surface area contributed by atoms with Crippen LogP contribution in [0, 0.1) is 29.6 Å². The average Bonchev–Trinajstić information content (AvgIpc) is 2.46. The maximum atomic E-state index is 12.0. The fourth-order valence-electron chi connectivity index (χ4n) is 4.34. The van der Waals surface area contributed by atoms with E-state index in [0.29, 0.717) is 24.2 Å². The Kier molecular flexibility index (Phi) is 4.15. The molecule has 5 heteroatoms. The van der Waals surface area contributed by atoms with Gasteiger partial charge in [-0.2, -0.15) is 0 Å². The van der Waals surface area contributed by atoms with Gasteiger partial charge in [0.05, 0.1) is 5.92 Å². The van der Waals surface area contributed by atoms with Crippen LogP contribution in [-0.4, -0.2) is 28.6 Å². The van der Waals surface area contributed by atoms with Crippen molar-refractivity contribution in [1.29, 1.82) is 0 Å². The van der Waals surface area contributed by atoms with Crippen LogP contribution >= 0.6 is 0 Å². The van der Waals surface area contributed by atoms with Crippen molar-refractivity contribution in [3.8, 4) is 0 Å². The van der Waals surface area contributed by atoms with E-state index in [-0.39, 0.29) is 23.3 Å². The summed E-state index contributed by atoms with van der Waals surface area (Å²) >= 11 is 0. The zero-order valence-electron chi connectivity index (χ0n) is 12.5. The first-order chi connectivity index (χ1) is 8.89. The van der Waals surface area contributed by atoms with Crippen molar-refractivity contribution in [1.82, 2.24) is 0 Å². The van der Waals surface area contributed by atoms with Gasteiger partial charge in [0.1, 0.15) is 0 Å². The number of carbonyl (C=O) groups is 1. The molecule has 0 bridgehead atoms. The van der Waals surface area contributed by atoms with Crippen LogP contribution in [0.5, 0.6) is 0 Å². The molecule has 1 unspecified atom stereocenters. The smallest absolute Gasteiger partial charge is 0.311 e. The van der Waals surface area contributed by atoms with E-state index in [1.807, 2.05) is 6.92 Å². The van der Waals surface area contributed by atoms with Crippen LogP contribution in [0.3, 0.4) is 0 Å². The highest BCUT2D eigenvalue weighted by molar-refractivity contribution is 5.73. The van der Waals surface area contributed by atoms with Crippen LogP contribution in [0.1, 0.15) is 46.5 Å². The number of carbonyl (C=O) groups excluding carboxylic acids is 1. The standard InChI is InChI=1S/C15H24O4.H2O/c1-8-4-5-11-9(2)13(16)18-14-12(11)10(8)6-7-15(3,17)19-14;/h8-12,14,17H,4-7H2,1-3H3;1H2/t8-,9-,10+,11+,12?,14-,15+;/m1./s1. The van der Waals surface area contributed by atoms with Gasteiger partial charge >= 0.3 is 5.97 Å². The predicted octanol–water partition coefficient (Wildman–Crippen LogP) is 1.48. The molecule has 2 heterocycles. The van der Waals surface area contributed by atoms with Gasteiger partial charge in [-0.25, -0.2) is 0 Å². The summed E-state index contributed by atoms with van der Waals surface area (Å²) in [6.45, 7) is 5.92. The number of ether oxygens (including phenoxy) is 2. The van der Waals surface area contributed by atoms with Gasteiger partial charge in [-0.15, -0.1) is 0 Å². The highest BCUT2D eigenvalue weighted by Gasteiger charge is 2.54. The summed E-state index contributed by atoms with van der Waals surface area (Å²) in [4.78, 5) is 12.0. The minimum Gasteiger partial charge on any atom is -0.435 e. The molecular formula is C15H26O5. The summed E-state index contributed by atoms with van der Waals surface area (Å²) in [5.41, 5.74) is 0. The Hall–Kier alpha value is -0.650. The van der Waals surface area contributed by atoms with Gasteiger partial charge in [-0.05, 0) is 37.5 Å². The molecule has 0 amide bonds. The Labute approximate surface area is 119 Å². The normalized spacial score (nSPS) is 51.3. The Balaban J connectivity index is 0.00000147. The first kappa shape index (κ1) is 15.7. The number of rotatable bonds is 0. The molecule has 5 nitrogen and oxygen atoms in total. The first-order valence-electron chi connectivity index (χ1n) is 7.50. The van der Waals surface area contributed by atoms with Crippen LogP contribution in [-0.2, 0) is 14.3 Å². The van der Waals surface area contributed by atoms with Crippen LogP contribution in [0.2, 0.25) is 0 Å². The number of hydrogen-bond donors (Lipinski definition) is 1. The lowest BCUT2D eigenvalue weighted by atomic mass is 9.61. The largest absolute Gasteiger partial charge is 0.435 e. The zero-order valence-corrected chi connectivity index (χ0v) is 12.5. The summed E-state index contributed by atoms with van der Waals surface area (Å²) in [6.07, 6.45) is 3.25. The van der Waals surface area contributed by atoms with Gasteiger partial charge in [0.25, 0.3) is 0 Å². The second-order valence-electron chi connectivity index (χ2n) is 6.89. The van der Waals surface area contributed by atoms with E-state index >= 15 is 0 Å². The van der Waals surface area contributed by atoms with Crippen molar-refractivity contribution in [2.24, 2.45) is 29.6 Å². The highest BCUT2D eigenvalue weighted by Crippen LogP contribution is 2.51. The van der Waals surface area contributed by atoms with Gasteiger partial charge in [-0.1, -0.05) is 20.3 Å². The van der Waals surface area contributed by atoms with Crippen LogP contribution in [0.25, 0.3) is 0 Å². The van der Waals surface area contributed by atoms with Crippen molar-refractivity contribution in [2.45, 2.75) is 58.5 Å². The van der Waals surface area contributed by atoms with Crippen molar-refractivity contribution < 1.29 is 24.9 Å². The molecule has 116 valence electrons. The van der Waals surface area contributed by atoms with Crippen LogP contribution < -0.4 is 0 Å².